The second-order valence-corrected chi connectivity index (χ2v) is 5.40. The van der Waals surface area contributed by atoms with Gasteiger partial charge < -0.3 is 10.4 Å². The van der Waals surface area contributed by atoms with Crippen molar-refractivity contribution in [1.29, 1.82) is 0 Å². The standard InChI is InChI=1S/C10H13Cl2NO3/c1-10(2)5(3-6(11)12)8(10)9(16)13-4-7(14)15/h3,5,8H,4H2,1-2H3,(H,13,16)(H,14,15)/t5-,8-/m0/s1. The number of rotatable bonds is 4. The summed E-state index contributed by atoms with van der Waals surface area (Å²) in [5, 5.41) is 10.8. The lowest BCUT2D eigenvalue weighted by molar-refractivity contribution is -0.138. The highest BCUT2D eigenvalue weighted by atomic mass is 35.5. The summed E-state index contributed by atoms with van der Waals surface area (Å²) in [6, 6.07) is 0. The number of hydrogen-bond donors (Lipinski definition) is 2. The highest BCUT2D eigenvalue weighted by Crippen LogP contribution is 2.59. The molecule has 0 aromatic rings. The molecule has 0 saturated heterocycles. The predicted molar refractivity (Wildman–Crippen MR) is 61.2 cm³/mol. The van der Waals surface area contributed by atoms with Crippen molar-refractivity contribution in [2.24, 2.45) is 17.3 Å². The van der Waals surface area contributed by atoms with Crippen LogP contribution < -0.4 is 5.32 Å². The molecule has 1 saturated carbocycles. The third-order valence-electron chi connectivity index (χ3n) is 2.91. The maximum absolute atomic E-state index is 11.6. The summed E-state index contributed by atoms with van der Waals surface area (Å²) < 4.78 is 0.131. The number of carboxylic acid groups (broad SMARTS) is 1. The molecule has 1 fully saturated rings. The van der Waals surface area contributed by atoms with Crippen molar-refractivity contribution in [3.8, 4) is 0 Å². The molecule has 1 rings (SSSR count). The Morgan fingerprint density at radius 2 is 2.00 bits per heavy atom. The van der Waals surface area contributed by atoms with Crippen molar-refractivity contribution < 1.29 is 14.7 Å². The van der Waals surface area contributed by atoms with Gasteiger partial charge in [0.2, 0.25) is 5.91 Å². The number of nitrogens with one attached hydrogen (secondary N) is 1. The Kier molecular flexibility index (Phi) is 3.86. The molecule has 2 atom stereocenters. The lowest BCUT2D eigenvalue weighted by Crippen LogP contribution is -2.31. The van der Waals surface area contributed by atoms with E-state index in [-0.39, 0.29) is 34.2 Å². The van der Waals surface area contributed by atoms with Crippen LogP contribution in [0.3, 0.4) is 0 Å². The van der Waals surface area contributed by atoms with Gasteiger partial charge in [-0.15, -0.1) is 0 Å². The third kappa shape index (κ3) is 2.89. The molecule has 0 heterocycles. The van der Waals surface area contributed by atoms with E-state index in [1.54, 1.807) is 6.08 Å². The van der Waals surface area contributed by atoms with Gasteiger partial charge in [-0.1, -0.05) is 37.0 Å². The van der Waals surface area contributed by atoms with E-state index in [1.807, 2.05) is 13.8 Å². The van der Waals surface area contributed by atoms with Gasteiger partial charge in [-0.3, -0.25) is 9.59 Å². The smallest absolute Gasteiger partial charge is 0.322 e. The van der Waals surface area contributed by atoms with Gasteiger partial charge in [0.05, 0.1) is 5.92 Å². The molecule has 4 nitrogen and oxygen atoms in total. The first-order valence-electron chi connectivity index (χ1n) is 4.79. The van der Waals surface area contributed by atoms with Crippen LogP contribution in [0.15, 0.2) is 10.6 Å². The topological polar surface area (TPSA) is 66.4 Å². The molecule has 16 heavy (non-hydrogen) atoms. The number of hydrogen-bond acceptors (Lipinski definition) is 2. The first kappa shape index (κ1) is 13.3. The first-order valence-corrected chi connectivity index (χ1v) is 5.54. The van der Waals surface area contributed by atoms with E-state index in [4.69, 9.17) is 28.3 Å². The molecule has 90 valence electrons. The van der Waals surface area contributed by atoms with E-state index >= 15 is 0 Å². The molecule has 0 aromatic carbocycles. The lowest BCUT2D eigenvalue weighted by Gasteiger charge is -2.02. The molecule has 1 aliphatic carbocycles. The molecular formula is C10H13Cl2NO3. The zero-order valence-electron chi connectivity index (χ0n) is 8.96. The minimum atomic E-state index is -1.06. The number of aliphatic carboxylic acids is 1. The fraction of sp³-hybridized carbons (Fsp3) is 0.600. The molecule has 0 unspecified atom stereocenters. The molecular weight excluding hydrogens is 253 g/mol. The van der Waals surface area contributed by atoms with E-state index in [0.717, 1.165) is 0 Å². The fourth-order valence-electron chi connectivity index (χ4n) is 1.90. The van der Waals surface area contributed by atoms with E-state index in [0.29, 0.717) is 0 Å². The van der Waals surface area contributed by atoms with Gasteiger partial charge >= 0.3 is 5.97 Å². The van der Waals surface area contributed by atoms with Crippen LogP contribution >= 0.6 is 23.2 Å². The highest BCUT2D eigenvalue weighted by Gasteiger charge is 2.60. The molecule has 6 heteroatoms. The number of amides is 1. The third-order valence-corrected chi connectivity index (χ3v) is 3.16. The summed E-state index contributed by atoms with van der Waals surface area (Å²) in [4.78, 5) is 21.9. The van der Waals surface area contributed by atoms with Gasteiger partial charge in [0.25, 0.3) is 0 Å². The zero-order valence-corrected chi connectivity index (χ0v) is 10.5. The second kappa shape index (κ2) is 4.63. The van der Waals surface area contributed by atoms with Crippen molar-refractivity contribution in [1.82, 2.24) is 5.32 Å². The number of carboxylic acids is 1. The van der Waals surface area contributed by atoms with E-state index in [9.17, 15) is 9.59 Å². The number of carbonyl (C=O) groups excluding carboxylic acids is 1. The van der Waals surface area contributed by atoms with Crippen LogP contribution in [-0.2, 0) is 9.59 Å². The molecule has 0 spiro atoms. The Labute approximate surface area is 104 Å². The van der Waals surface area contributed by atoms with Crippen LogP contribution in [0.2, 0.25) is 0 Å². The average molecular weight is 266 g/mol. The average Bonchev–Trinajstić information content (AvgIpc) is 2.63. The molecule has 0 bridgehead atoms. The lowest BCUT2D eigenvalue weighted by atomic mass is 10.1. The van der Waals surface area contributed by atoms with Gasteiger partial charge in [-0.05, 0) is 17.4 Å². The number of halogens is 2. The Morgan fingerprint density at radius 3 is 2.44 bits per heavy atom. The van der Waals surface area contributed by atoms with Gasteiger partial charge in [-0.2, -0.15) is 0 Å². The van der Waals surface area contributed by atoms with Crippen LogP contribution in [0.5, 0.6) is 0 Å². The quantitative estimate of drug-likeness (QED) is 0.815. The van der Waals surface area contributed by atoms with E-state index in [1.165, 1.54) is 0 Å². The van der Waals surface area contributed by atoms with Crippen molar-refractivity contribution in [2.45, 2.75) is 13.8 Å². The predicted octanol–water partition coefficient (Wildman–Crippen LogP) is 1.78. The van der Waals surface area contributed by atoms with Crippen molar-refractivity contribution in [2.75, 3.05) is 6.54 Å². The minimum Gasteiger partial charge on any atom is -0.480 e. The summed E-state index contributed by atoms with van der Waals surface area (Å²) in [5.74, 6) is -1.64. The summed E-state index contributed by atoms with van der Waals surface area (Å²) in [6.45, 7) is 3.46. The maximum atomic E-state index is 11.6. The SMILES string of the molecule is CC1(C)[C@H](C(=O)NCC(=O)O)[C@@H]1C=C(Cl)Cl. The van der Waals surface area contributed by atoms with Crippen LogP contribution in [0.25, 0.3) is 0 Å². The van der Waals surface area contributed by atoms with E-state index in [2.05, 4.69) is 5.32 Å². The molecule has 1 amide bonds. The largest absolute Gasteiger partial charge is 0.480 e. The molecule has 0 aromatic heterocycles. The van der Waals surface area contributed by atoms with Crippen LogP contribution in [0.1, 0.15) is 13.8 Å². The summed E-state index contributed by atoms with van der Waals surface area (Å²) in [5.41, 5.74) is -0.225. The molecule has 1 aliphatic rings. The monoisotopic (exact) mass is 265 g/mol. The van der Waals surface area contributed by atoms with Gasteiger partial charge in [-0.25, -0.2) is 0 Å². The highest BCUT2D eigenvalue weighted by molar-refractivity contribution is 6.55. The number of allylic oxidation sites excluding steroid dienone is 1. The Hall–Kier alpha value is -0.740. The van der Waals surface area contributed by atoms with Gasteiger partial charge in [0, 0.05) is 0 Å². The van der Waals surface area contributed by atoms with E-state index < -0.39 is 5.97 Å². The van der Waals surface area contributed by atoms with Gasteiger partial charge in [0.15, 0.2) is 0 Å². The Morgan fingerprint density at radius 1 is 1.44 bits per heavy atom. The van der Waals surface area contributed by atoms with Crippen LogP contribution in [0.4, 0.5) is 0 Å². The normalized spacial score (nSPS) is 25.8. The minimum absolute atomic E-state index is 0.0358. The maximum Gasteiger partial charge on any atom is 0.322 e. The Balaban J connectivity index is 2.59. The summed E-state index contributed by atoms with van der Waals surface area (Å²) in [6.07, 6.45) is 1.62. The summed E-state index contributed by atoms with van der Waals surface area (Å²) in [7, 11) is 0. The Bertz CT molecular complexity index is 348. The zero-order chi connectivity index (χ0) is 12.5. The van der Waals surface area contributed by atoms with Crippen molar-refractivity contribution >= 4 is 35.1 Å². The van der Waals surface area contributed by atoms with Crippen LogP contribution in [0, 0.1) is 17.3 Å². The van der Waals surface area contributed by atoms with Gasteiger partial charge in [0.1, 0.15) is 11.0 Å². The van der Waals surface area contributed by atoms with Crippen LogP contribution in [-0.4, -0.2) is 23.5 Å². The first-order chi connectivity index (χ1) is 7.26. The number of carbonyl (C=O) groups is 2. The second-order valence-electron chi connectivity index (χ2n) is 4.39. The molecule has 0 aliphatic heterocycles. The molecule has 0 radical (unpaired) electrons. The molecule has 2 N–H and O–H groups in total. The van der Waals surface area contributed by atoms with Crippen molar-refractivity contribution in [3.05, 3.63) is 10.6 Å². The fourth-order valence-corrected chi connectivity index (χ4v) is 2.17. The summed E-state index contributed by atoms with van der Waals surface area (Å²) >= 11 is 11.1. The van der Waals surface area contributed by atoms with Crippen molar-refractivity contribution in [3.63, 3.8) is 0 Å².